The molecule has 3 aromatic rings. The van der Waals surface area contributed by atoms with E-state index in [0.29, 0.717) is 10.7 Å². The molecule has 1 aromatic carbocycles. The molecule has 0 fully saturated rings. The second kappa shape index (κ2) is 6.69. The highest BCUT2D eigenvalue weighted by Gasteiger charge is 2.17. The van der Waals surface area contributed by atoms with Crippen LogP contribution in [0.1, 0.15) is 12.2 Å². The van der Waals surface area contributed by atoms with Crippen molar-refractivity contribution in [2.75, 3.05) is 11.1 Å². The average Bonchev–Trinajstić information content (AvgIpc) is 2.97. The smallest absolute Gasteiger partial charge is 0.299 e. The van der Waals surface area contributed by atoms with Crippen LogP contribution in [-0.2, 0) is 4.79 Å². The number of nitrogens with one attached hydrogen (secondary N) is 1. The van der Waals surface area contributed by atoms with Crippen LogP contribution in [-0.4, -0.2) is 31.5 Å². The number of para-hydroxylation sites is 1. The number of alkyl halides is 2. The van der Waals surface area contributed by atoms with Crippen LogP contribution in [0.15, 0.2) is 47.5 Å². The summed E-state index contributed by atoms with van der Waals surface area (Å²) in [5.41, 5.74) is 0.929. The molecule has 118 valence electrons. The topological polar surface area (TPSA) is 72.2 Å². The van der Waals surface area contributed by atoms with Crippen molar-refractivity contribution >= 4 is 29.0 Å². The molecular weight excluding hydrogens is 324 g/mol. The van der Waals surface area contributed by atoms with E-state index < -0.39 is 12.2 Å². The van der Waals surface area contributed by atoms with Gasteiger partial charge in [-0.1, -0.05) is 30.0 Å². The molecule has 2 aromatic heterocycles. The van der Waals surface area contributed by atoms with E-state index in [-0.39, 0.29) is 17.3 Å². The first-order valence-electron chi connectivity index (χ1n) is 6.61. The van der Waals surface area contributed by atoms with Gasteiger partial charge >= 0.3 is 0 Å². The van der Waals surface area contributed by atoms with Crippen molar-refractivity contribution in [3.8, 4) is 0 Å². The summed E-state index contributed by atoms with van der Waals surface area (Å²) in [6, 6.07) is 12.2. The summed E-state index contributed by atoms with van der Waals surface area (Å²) in [5, 5.41) is 14.2. The van der Waals surface area contributed by atoms with Gasteiger partial charge in [0.2, 0.25) is 11.7 Å². The lowest BCUT2D eigenvalue weighted by molar-refractivity contribution is -0.113. The Bertz CT molecular complexity index is 824. The Kier molecular flexibility index (Phi) is 4.47. The minimum Gasteiger partial charge on any atom is -0.325 e. The highest BCUT2D eigenvalue weighted by Crippen LogP contribution is 2.20. The highest BCUT2D eigenvalue weighted by atomic mass is 32.2. The summed E-state index contributed by atoms with van der Waals surface area (Å²) in [6.07, 6.45) is -2.76. The predicted octanol–water partition coefficient (Wildman–Crippen LogP) is 2.79. The minimum absolute atomic E-state index is 0.111. The molecule has 1 amide bonds. The first-order chi connectivity index (χ1) is 11.1. The van der Waals surface area contributed by atoms with Crippen molar-refractivity contribution in [1.29, 1.82) is 0 Å². The molecule has 3 rings (SSSR count). The lowest BCUT2D eigenvalue weighted by atomic mass is 10.3. The number of thioether (sulfide) groups is 1. The van der Waals surface area contributed by atoms with Crippen LogP contribution >= 0.6 is 11.8 Å². The molecule has 0 saturated heterocycles. The number of carbonyl (C=O) groups excluding carboxylic acids is 1. The summed E-state index contributed by atoms with van der Waals surface area (Å²) in [6.45, 7) is 0. The Morgan fingerprint density at radius 3 is 2.70 bits per heavy atom. The Hall–Kier alpha value is -2.55. The maximum Gasteiger partial charge on any atom is 0.299 e. The normalized spacial score (nSPS) is 11.1. The zero-order valence-corrected chi connectivity index (χ0v) is 12.5. The SMILES string of the molecule is O=C(CSc1ccc2nnc(C(F)F)n2n1)Nc1ccccc1. The number of hydrogen-bond donors (Lipinski definition) is 1. The summed E-state index contributed by atoms with van der Waals surface area (Å²) in [7, 11) is 0. The number of carbonyl (C=O) groups is 1. The minimum atomic E-state index is -2.76. The van der Waals surface area contributed by atoms with E-state index in [2.05, 4.69) is 20.6 Å². The number of anilines is 1. The number of hydrogen-bond acceptors (Lipinski definition) is 5. The first-order valence-corrected chi connectivity index (χ1v) is 7.60. The van der Waals surface area contributed by atoms with Crippen LogP contribution in [0.2, 0.25) is 0 Å². The summed E-state index contributed by atoms with van der Waals surface area (Å²) in [4.78, 5) is 11.9. The molecule has 1 N–H and O–H groups in total. The molecule has 0 bridgehead atoms. The van der Waals surface area contributed by atoms with Crippen LogP contribution in [0.3, 0.4) is 0 Å². The number of rotatable bonds is 5. The fourth-order valence-electron chi connectivity index (χ4n) is 1.86. The third kappa shape index (κ3) is 3.62. The highest BCUT2D eigenvalue weighted by molar-refractivity contribution is 7.99. The van der Waals surface area contributed by atoms with Gasteiger partial charge in [-0.3, -0.25) is 4.79 Å². The maximum absolute atomic E-state index is 12.8. The van der Waals surface area contributed by atoms with Gasteiger partial charge in [-0.2, -0.15) is 9.61 Å². The number of aromatic nitrogens is 4. The molecule has 9 heteroatoms. The molecule has 6 nitrogen and oxygen atoms in total. The van der Waals surface area contributed by atoms with E-state index >= 15 is 0 Å². The van der Waals surface area contributed by atoms with Crippen molar-refractivity contribution in [3.63, 3.8) is 0 Å². The molecule has 0 aliphatic heterocycles. The van der Waals surface area contributed by atoms with Gasteiger partial charge in [0.15, 0.2) is 5.65 Å². The van der Waals surface area contributed by atoms with Crippen molar-refractivity contribution < 1.29 is 13.6 Å². The van der Waals surface area contributed by atoms with Gasteiger partial charge in [-0.15, -0.1) is 10.2 Å². The molecule has 2 heterocycles. The van der Waals surface area contributed by atoms with E-state index in [9.17, 15) is 13.6 Å². The van der Waals surface area contributed by atoms with Gasteiger partial charge in [0, 0.05) is 5.69 Å². The second-order valence-corrected chi connectivity index (χ2v) is 5.50. The molecule has 0 aliphatic carbocycles. The number of amides is 1. The van der Waals surface area contributed by atoms with Crippen LogP contribution < -0.4 is 5.32 Å². The monoisotopic (exact) mass is 335 g/mol. The van der Waals surface area contributed by atoms with E-state index in [4.69, 9.17) is 0 Å². The molecule has 0 saturated carbocycles. The van der Waals surface area contributed by atoms with Crippen molar-refractivity contribution in [2.24, 2.45) is 0 Å². The van der Waals surface area contributed by atoms with Crippen molar-refractivity contribution in [2.45, 2.75) is 11.5 Å². The first kappa shape index (κ1) is 15.3. The van der Waals surface area contributed by atoms with Gasteiger partial charge in [0.05, 0.1) is 5.75 Å². The molecule has 23 heavy (non-hydrogen) atoms. The van der Waals surface area contributed by atoms with Crippen molar-refractivity contribution in [3.05, 3.63) is 48.3 Å². The van der Waals surface area contributed by atoms with Gasteiger partial charge in [0.1, 0.15) is 5.03 Å². The van der Waals surface area contributed by atoms with Gasteiger partial charge in [-0.05, 0) is 24.3 Å². The number of nitrogens with zero attached hydrogens (tertiary/aromatic N) is 4. The lowest BCUT2D eigenvalue weighted by Crippen LogP contribution is -2.14. The van der Waals surface area contributed by atoms with E-state index in [1.165, 1.54) is 6.07 Å². The van der Waals surface area contributed by atoms with Crippen LogP contribution in [0.25, 0.3) is 5.65 Å². The van der Waals surface area contributed by atoms with Crippen LogP contribution in [0, 0.1) is 0 Å². The average molecular weight is 335 g/mol. The van der Waals surface area contributed by atoms with E-state index in [1.807, 2.05) is 18.2 Å². The van der Waals surface area contributed by atoms with Gasteiger partial charge in [0.25, 0.3) is 6.43 Å². The van der Waals surface area contributed by atoms with Crippen LogP contribution in [0.4, 0.5) is 14.5 Å². The molecule has 0 radical (unpaired) electrons. The van der Waals surface area contributed by atoms with E-state index in [1.54, 1.807) is 18.2 Å². The van der Waals surface area contributed by atoms with Gasteiger partial charge < -0.3 is 5.32 Å². The third-order valence-corrected chi connectivity index (χ3v) is 3.79. The van der Waals surface area contributed by atoms with Gasteiger partial charge in [-0.25, -0.2) is 8.78 Å². The second-order valence-electron chi connectivity index (χ2n) is 4.50. The lowest BCUT2D eigenvalue weighted by Gasteiger charge is -2.05. The zero-order chi connectivity index (χ0) is 16.2. The predicted molar refractivity (Wildman–Crippen MR) is 81.5 cm³/mol. The summed E-state index contributed by atoms with van der Waals surface area (Å²) >= 11 is 1.14. The number of halogens is 2. The largest absolute Gasteiger partial charge is 0.325 e. The summed E-state index contributed by atoms with van der Waals surface area (Å²) < 4.78 is 26.6. The quantitative estimate of drug-likeness (QED) is 0.726. The molecular formula is C14H11F2N5OS. The Labute approximate surface area is 133 Å². The molecule has 0 unspecified atom stereocenters. The van der Waals surface area contributed by atoms with Crippen LogP contribution in [0.5, 0.6) is 0 Å². The number of fused-ring (bicyclic) bond motifs is 1. The summed E-state index contributed by atoms with van der Waals surface area (Å²) in [5.74, 6) is -0.614. The molecule has 0 spiro atoms. The fourth-order valence-corrected chi connectivity index (χ4v) is 2.51. The molecule has 0 atom stereocenters. The molecule has 0 aliphatic rings. The number of benzene rings is 1. The Morgan fingerprint density at radius 2 is 1.96 bits per heavy atom. The van der Waals surface area contributed by atoms with E-state index in [0.717, 1.165) is 16.3 Å². The third-order valence-electron chi connectivity index (χ3n) is 2.87. The Balaban J connectivity index is 1.67. The maximum atomic E-state index is 12.8. The zero-order valence-electron chi connectivity index (χ0n) is 11.7. The van der Waals surface area contributed by atoms with Crippen molar-refractivity contribution in [1.82, 2.24) is 19.8 Å². The standard InChI is InChI=1S/C14H11F2N5OS/c15-13(16)14-19-18-10-6-7-12(20-21(10)14)23-8-11(22)17-9-4-2-1-3-5-9/h1-7,13H,8H2,(H,17,22). The fraction of sp³-hybridized carbons (Fsp3) is 0.143. The Morgan fingerprint density at radius 1 is 1.17 bits per heavy atom.